The zero-order chi connectivity index (χ0) is 13.8. The molecule has 0 amide bonds. The third-order valence-electron chi connectivity index (χ3n) is 3.21. The lowest BCUT2D eigenvalue weighted by atomic mass is 9.98. The summed E-state index contributed by atoms with van der Waals surface area (Å²) in [6, 6.07) is 14.9. The Labute approximate surface area is 128 Å². The molecule has 0 aliphatic heterocycles. The predicted octanol–water partition coefficient (Wildman–Crippen LogP) is 4.91. The second kappa shape index (κ2) is 6.56. The van der Waals surface area contributed by atoms with Gasteiger partial charge in [-0.2, -0.15) is 0 Å². The van der Waals surface area contributed by atoms with Crippen molar-refractivity contribution in [2.24, 2.45) is 0 Å². The first kappa shape index (κ1) is 14.6. The fraction of sp³-hybridized carbons (Fsp3) is 0.250. The molecule has 0 radical (unpaired) electrons. The van der Waals surface area contributed by atoms with Gasteiger partial charge in [0, 0.05) is 15.5 Å². The normalized spacial score (nSPS) is 12.4. The minimum absolute atomic E-state index is 0.224. The van der Waals surface area contributed by atoms with Crippen molar-refractivity contribution in [3.8, 4) is 0 Å². The molecule has 1 unspecified atom stereocenters. The van der Waals surface area contributed by atoms with Crippen molar-refractivity contribution in [3.63, 3.8) is 0 Å². The van der Waals surface area contributed by atoms with Crippen molar-refractivity contribution >= 4 is 27.5 Å². The van der Waals surface area contributed by atoms with Gasteiger partial charge in [-0.05, 0) is 43.7 Å². The molecule has 1 atom stereocenters. The van der Waals surface area contributed by atoms with Crippen LogP contribution in [0.3, 0.4) is 0 Å². The first-order valence-corrected chi connectivity index (χ1v) is 7.45. The Morgan fingerprint density at radius 1 is 1.21 bits per heavy atom. The van der Waals surface area contributed by atoms with Gasteiger partial charge in [-0.3, -0.25) is 0 Å². The van der Waals surface area contributed by atoms with Crippen LogP contribution in [0.15, 0.2) is 46.9 Å². The Morgan fingerprint density at radius 3 is 2.63 bits per heavy atom. The Balaban J connectivity index is 2.25. The maximum Gasteiger partial charge on any atom is 0.0465 e. The quantitative estimate of drug-likeness (QED) is 0.835. The standard InChI is InChI=1S/C16H17BrClN/c1-11-4-3-5-12(8-11)9-16(19-2)14-7-6-13(17)10-15(14)18/h3-8,10,16,19H,9H2,1-2H3. The molecule has 0 spiro atoms. The number of hydrogen-bond donors (Lipinski definition) is 1. The lowest BCUT2D eigenvalue weighted by molar-refractivity contribution is 0.592. The van der Waals surface area contributed by atoms with Gasteiger partial charge in [0.2, 0.25) is 0 Å². The molecule has 2 aromatic carbocycles. The van der Waals surface area contributed by atoms with Crippen LogP contribution in [0.1, 0.15) is 22.7 Å². The molecular formula is C16H17BrClN. The zero-order valence-corrected chi connectivity index (χ0v) is 13.4. The molecule has 0 aromatic heterocycles. The molecular weight excluding hydrogens is 322 g/mol. The number of nitrogens with one attached hydrogen (secondary N) is 1. The van der Waals surface area contributed by atoms with E-state index in [1.54, 1.807) is 0 Å². The van der Waals surface area contributed by atoms with Crippen LogP contribution in [0.2, 0.25) is 5.02 Å². The number of likely N-dealkylation sites (N-methyl/N-ethyl adjacent to an activating group) is 1. The maximum absolute atomic E-state index is 6.33. The molecule has 2 aromatic rings. The van der Waals surface area contributed by atoms with Crippen LogP contribution >= 0.6 is 27.5 Å². The van der Waals surface area contributed by atoms with E-state index < -0.39 is 0 Å². The summed E-state index contributed by atoms with van der Waals surface area (Å²) in [5.41, 5.74) is 3.74. The molecule has 1 nitrogen and oxygen atoms in total. The van der Waals surface area contributed by atoms with Crippen LogP contribution in [-0.2, 0) is 6.42 Å². The van der Waals surface area contributed by atoms with Crippen LogP contribution in [0.4, 0.5) is 0 Å². The first-order chi connectivity index (χ1) is 9.10. The first-order valence-electron chi connectivity index (χ1n) is 6.28. The molecule has 3 heteroatoms. The van der Waals surface area contributed by atoms with Gasteiger partial charge in [-0.1, -0.05) is 63.4 Å². The molecule has 2 rings (SSSR count). The highest BCUT2D eigenvalue weighted by atomic mass is 79.9. The molecule has 0 saturated heterocycles. The summed E-state index contributed by atoms with van der Waals surface area (Å²) >= 11 is 9.77. The SMILES string of the molecule is CNC(Cc1cccc(C)c1)c1ccc(Br)cc1Cl. The monoisotopic (exact) mass is 337 g/mol. The van der Waals surface area contributed by atoms with Crippen LogP contribution in [0, 0.1) is 6.92 Å². The van der Waals surface area contributed by atoms with Crippen molar-refractivity contribution in [1.29, 1.82) is 0 Å². The molecule has 0 bridgehead atoms. The average Bonchev–Trinajstić information content (AvgIpc) is 2.37. The summed E-state index contributed by atoms with van der Waals surface area (Å²) in [5.74, 6) is 0. The van der Waals surface area contributed by atoms with E-state index in [1.165, 1.54) is 11.1 Å². The summed E-state index contributed by atoms with van der Waals surface area (Å²) in [6.45, 7) is 2.12. The van der Waals surface area contributed by atoms with Gasteiger partial charge in [0.25, 0.3) is 0 Å². The molecule has 100 valence electrons. The van der Waals surface area contributed by atoms with Gasteiger partial charge in [0.05, 0.1) is 0 Å². The summed E-state index contributed by atoms with van der Waals surface area (Å²) in [6.07, 6.45) is 0.930. The van der Waals surface area contributed by atoms with E-state index in [1.807, 2.05) is 19.2 Å². The number of rotatable bonds is 4. The van der Waals surface area contributed by atoms with E-state index in [2.05, 4.69) is 58.5 Å². The lowest BCUT2D eigenvalue weighted by Crippen LogP contribution is -2.19. The van der Waals surface area contributed by atoms with Crippen LogP contribution in [-0.4, -0.2) is 7.05 Å². The highest BCUT2D eigenvalue weighted by Gasteiger charge is 2.13. The molecule has 0 saturated carbocycles. The average molecular weight is 339 g/mol. The third-order valence-corrected chi connectivity index (χ3v) is 4.03. The minimum atomic E-state index is 0.224. The summed E-state index contributed by atoms with van der Waals surface area (Å²) in [5, 5.41) is 4.14. The maximum atomic E-state index is 6.33. The second-order valence-corrected chi connectivity index (χ2v) is 6.02. The lowest BCUT2D eigenvalue weighted by Gasteiger charge is -2.18. The zero-order valence-electron chi connectivity index (χ0n) is 11.1. The van der Waals surface area contributed by atoms with Gasteiger partial charge >= 0.3 is 0 Å². The smallest absolute Gasteiger partial charge is 0.0465 e. The topological polar surface area (TPSA) is 12.0 Å². The fourth-order valence-electron chi connectivity index (χ4n) is 2.23. The van der Waals surface area contributed by atoms with Crippen molar-refractivity contribution in [2.45, 2.75) is 19.4 Å². The Kier molecular flexibility index (Phi) is 5.03. The summed E-state index contributed by atoms with van der Waals surface area (Å²) in [7, 11) is 1.97. The molecule has 0 heterocycles. The Bertz CT molecular complexity index is 568. The Morgan fingerprint density at radius 2 is 2.00 bits per heavy atom. The highest BCUT2D eigenvalue weighted by Crippen LogP contribution is 2.28. The van der Waals surface area contributed by atoms with Gasteiger partial charge in [-0.15, -0.1) is 0 Å². The molecule has 1 N–H and O–H groups in total. The van der Waals surface area contributed by atoms with E-state index in [-0.39, 0.29) is 6.04 Å². The number of halogens is 2. The minimum Gasteiger partial charge on any atom is -0.313 e. The van der Waals surface area contributed by atoms with E-state index in [0.717, 1.165) is 21.5 Å². The van der Waals surface area contributed by atoms with Crippen molar-refractivity contribution in [2.75, 3.05) is 7.05 Å². The van der Waals surface area contributed by atoms with E-state index >= 15 is 0 Å². The summed E-state index contributed by atoms with van der Waals surface area (Å²) in [4.78, 5) is 0. The van der Waals surface area contributed by atoms with E-state index in [0.29, 0.717) is 0 Å². The molecule has 0 fully saturated rings. The van der Waals surface area contributed by atoms with Gasteiger partial charge in [0.1, 0.15) is 0 Å². The van der Waals surface area contributed by atoms with E-state index in [4.69, 9.17) is 11.6 Å². The van der Waals surface area contributed by atoms with Gasteiger partial charge in [0.15, 0.2) is 0 Å². The van der Waals surface area contributed by atoms with Crippen LogP contribution < -0.4 is 5.32 Å². The number of hydrogen-bond acceptors (Lipinski definition) is 1. The highest BCUT2D eigenvalue weighted by molar-refractivity contribution is 9.10. The van der Waals surface area contributed by atoms with Crippen LogP contribution in [0.5, 0.6) is 0 Å². The largest absolute Gasteiger partial charge is 0.313 e. The number of aryl methyl sites for hydroxylation is 1. The van der Waals surface area contributed by atoms with E-state index in [9.17, 15) is 0 Å². The van der Waals surface area contributed by atoms with Gasteiger partial charge in [-0.25, -0.2) is 0 Å². The van der Waals surface area contributed by atoms with Crippen LogP contribution in [0.25, 0.3) is 0 Å². The molecule has 19 heavy (non-hydrogen) atoms. The molecule has 0 aliphatic carbocycles. The second-order valence-electron chi connectivity index (χ2n) is 4.70. The third kappa shape index (κ3) is 3.82. The summed E-state index contributed by atoms with van der Waals surface area (Å²) < 4.78 is 1.01. The van der Waals surface area contributed by atoms with Crippen molar-refractivity contribution in [3.05, 3.63) is 68.7 Å². The fourth-order valence-corrected chi connectivity index (χ4v) is 3.03. The van der Waals surface area contributed by atoms with Gasteiger partial charge < -0.3 is 5.32 Å². The Hall–Kier alpha value is -0.830. The van der Waals surface area contributed by atoms with Crippen molar-refractivity contribution < 1.29 is 0 Å². The number of benzene rings is 2. The van der Waals surface area contributed by atoms with Crippen molar-refractivity contribution in [1.82, 2.24) is 5.32 Å². The molecule has 0 aliphatic rings. The predicted molar refractivity (Wildman–Crippen MR) is 85.8 cm³/mol.